The Balaban J connectivity index is 1.79. The molecule has 6 heteroatoms. The van der Waals surface area contributed by atoms with Gasteiger partial charge in [-0.15, -0.1) is 0 Å². The molecule has 178 valence electrons. The van der Waals surface area contributed by atoms with Gasteiger partial charge in [-0.05, 0) is 105 Å². The number of carbonyl (C=O) groups excluding carboxylic acids is 2. The van der Waals surface area contributed by atoms with Crippen LogP contribution >= 0.6 is 12.2 Å². The van der Waals surface area contributed by atoms with Crippen LogP contribution in [0.2, 0.25) is 0 Å². The third kappa shape index (κ3) is 4.05. The molecule has 1 unspecified atom stereocenters. The SMILES string of the molecule is CCc1ccccc1N1C(=O)/C(=C\c2cc3c(cc2C)N(CC)C(C)(C)CC3C)C(=O)NC1=S. The maximum atomic E-state index is 13.6. The van der Waals surface area contributed by atoms with Crippen LogP contribution in [0.4, 0.5) is 11.4 Å². The summed E-state index contributed by atoms with van der Waals surface area (Å²) in [6, 6.07) is 12.0. The first kappa shape index (κ1) is 24.1. The molecule has 2 aromatic rings. The van der Waals surface area contributed by atoms with Gasteiger partial charge in [-0.25, -0.2) is 0 Å². The summed E-state index contributed by atoms with van der Waals surface area (Å²) in [7, 11) is 0. The van der Waals surface area contributed by atoms with Crippen molar-refractivity contribution in [2.24, 2.45) is 0 Å². The molecule has 0 radical (unpaired) electrons. The Morgan fingerprint density at radius 1 is 1.15 bits per heavy atom. The quantitative estimate of drug-likeness (QED) is 0.360. The first-order valence-electron chi connectivity index (χ1n) is 12.0. The van der Waals surface area contributed by atoms with Crippen LogP contribution in [-0.4, -0.2) is 29.0 Å². The first-order chi connectivity index (χ1) is 16.1. The number of nitrogens with one attached hydrogen (secondary N) is 1. The highest BCUT2D eigenvalue weighted by Gasteiger charge is 2.37. The van der Waals surface area contributed by atoms with Crippen LogP contribution in [0, 0.1) is 6.92 Å². The minimum absolute atomic E-state index is 0.0790. The number of carbonyl (C=O) groups is 2. The highest BCUT2D eigenvalue weighted by atomic mass is 32.1. The number of aryl methyl sites for hydroxylation is 2. The van der Waals surface area contributed by atoms with Crippen molar-refractivity contribution in [1.82, 2.24) is 5.32 Å². The van der Waals surface area contributed by atoms with Crippen LogP contribution in [0.15, 0.2) is 42.0 Å². The number of fused-ring (bicyclic) bond motifs is 1. The average molecular weight is 476 g/mol. The molecular formula is C28H33N3O2S. The van der Waals surface area contributed by atoms with Gasteiger partial charge in [0.15, 0.2) is 5.11 Å². The molecule has 4 rings (SSSR count). The van der Waals surface area contributed by atoms with Gasteiger partial charge in [0.25, 0.3) is 11.8 Å². The molecule has 2 aliphatic heterocycles. The van der Waals surface area contributed by atoms with Gasteiger partial charge in [0, 0.05) is 17.8 Å². The second-order valence-electron chi connectivity index (χ2n) is 9.87. The Bertz CT molecular complexity index is 1210. The molecule has 1 N–H and O–H groups in total. The van der Waals surface area contributed by atoms with E-state index in [9.17, 15) is 9.59 Å². The molecule has 1 saturated heterocycles. The Hall–Kier alpha value is -2.99. The Labute approximate surface area is 207 Å². The maximum Gasteiger partial charge on any atom is 0.270 e. The largest absolute Gasteiger partial charge is 0.366 e. The van der Waals surface area contributed by atoms with Gasteiger partial charge in [0.1, 0.15) is 5.57 Å². The number of rotatable bonds is 4. The summed E-state index contributed by atoms with van der Waals surface area (Å²) < 4.78 is 0. The van der Waals surface area contributed by atoms with Crippen LogP contribution in [0.1, 0.15) is 69.2 Å². The van der Waals surface area contributed by atoms with Gasteiger partial charge in [-0.1, -0.05) is 32.0 Å². The van der Waals surface area contributed by atoms with Gasteiger partial charge in [0.05, 0.1) is 5.69 Å². The van der Waals surface area contributed by atoms with E-state index in [1.165, 1.54) is 16.2 Å². The Kier molecular flexibility index (Phi) is 6.38. The van der Waals surface area contributed by atoms with Gasteiger partial charge >= 0.3 is 0 Å². The molecule has 5 nitrogen and oxygen atoms in total. The van der Waals surface area contributed by atoms with Gasteiger partial charge < -0.3 is 4.90 Å². The number of amides is 2. The molecule has 0 spiro atoms. The van der Waals surface area contributed by atoms with Crippen LogP contribution in [0.5, 0.6) is 0 Å². The van der Waals surface area contributed by atoms with Gasteiger partial charge in [-0.2, -0.15) is 0 Å². The monoisotopic (exact) mass is 475 g/mol. The lowest BCUT2D eigenvalue weighted by Crippen LogP contribution is -2.54. The number of anilines is 2. The molecule has 2 amide bonds. The second kappa shape index (κ2) is 8.99. The third-order valence-electron chi connectivity index (χ3n) is 7.10. The summed E-state index contributed by atoms with van der Waals surface area (Å²) in [6.07, 6.45) is 3.52. The predicted molar refractivity (Wildman–Crippen MR) is 143 cm³/mol. The molecule has 0 saturated carbocycles. The highest BCUT2D eigenvalue weighted by Crippen LogP contribution is 2.44. The molecule has 1 fully saturated rings. The number of para-hydroxylation sites is 1. The van der Waals surface area contributed by atoms with Gasteiger partial charge in [-0.3, -0.25) is 19.8 Å². The lowest BCUT2D eigenvalue weighted by atomic mass is 9.79. The average Bonchev–Trinajstić information content (AvgIpc) is 2.77. The minimum atomic E-state index is -0.457. The van der Waals surface area contributed by atoms with E-state index in [2.05, 4.69) is 50.0 Å². The standard InChI is InChI=1S/C28H33N3O2S/c1-7-19-11-9-10-12-23(19)31-26(33)22(25(32)29-27(31)34)15-20-14-21-18(4)16-28(5,6)30(8-2)24(21)13-17(20)3/h9-15,18H,7-8,16H2,1-6H3,(H,29,32,34)/b22-15-. The van der Waals surface area contributed by atoms with Crippen LogP contribution in [0.3, 0.4) is 0 Å². The highest BCUT2D eigenvalue weighted by molar-refractivity contribution is 7.80. The van der Waals surface area contributed by atoms with Crippen molar-refractivity contribution in [1.29, 1.82) is 0 Å². The summed E-state index contributed by atoms with van der Waals surface area (Å²) >= 11 is 5.40. The summed E-state index contributed by atoms with van der Waals surface area (Å²) in [5.41, 5.74) is 6.29. The number of hydrogen-bond acceptors (Lipinski definition) is 4. The molecule has 2 aliphatic rings. The van der Waals surface area contributed by atoms with Crippen LogP contribution < -0.4 is 15.1 Å². The predicted octanol–water partition coefficient (Wildman–Crippen LogP) is 5.50. The van der Waals surface area contributed by atoms with Crippen molar-refractivity contribution in [2.45, 2.75) is 65.8 Å². The molecular weight excluding hydrogens is 442 g/mol. The van der Waals surface area contributed by atoms with E-state index in [0.717, 1.165) is 36.1 Å². The molecule has 2 heterocycles. The summed E-state index contributed by atoms with van der Waals surface area (Å²) in [5, 5.41) is 2.83. The van der Waals surface area contributed by atoms with Crippen molar-refractivity contribution in [2.75, 3.05) is 16.3 Å². The van der Waals surface area contributed by atoms with E-state index in [1.807, 2.05) is 38.1 Å². The Morgan fingerprint density at radius 3 is 2.53 bits per heavy atom. The molecule has 0 bridgehead atoms. The van der Waals surface area contributed by atoms with Gasteiger partial charge in [0.2, 0.25) is 0 Å². The minimum Gasteiger partial charge on any atom is -0.366 e. The van der Waals surface area contributed by atoms with E-state index in [4.69, 9.17) is 12.2 Å². The topological polar surface area (TPSA) is 52.7 Å². The lowest BCUT2D eigenvalue weighted by Gasteiger charge is -2.47. The van der Waals surface area contributed by atoms with Crippen molar-refractivity contribution in [3.8, 4) is 0 Å². The zero-order valence-electron chi connectivity index (χ0n) is 20.9. The smallest absolute Gasteiger partial charge is 0.270 e. The van der Waals surface area contributed by atoms with E-state index in [-0.39, 0.29) is 16.2 Å². The van der Waals surface area contributed by atoms with Crippen molar-refractivity contribution in [3.63, 3.8) is 0 Å². The summed E-state index contributed by atoms with van der Waals surface area (Å²) in [5.74, 6) is -0.472. The number of nitrogens with zero attached hydrogens (tertiary/aromatic N) is 2. The molecule has 1 atom stereocenters. The van der Waals surface area contributed by atoms with Crippen molar-refractivity contribution < 1.29 is 9.59 Å². The fraction of sp³-hybridized carbons (Fsp3) is 0.393. The number of thiocarbonyl (C=S) groups is 1. The number of benzene rings is 2. The molecule has 34 heavy (non-hydrogen) atoms. The zero-order chi connectivity index (χ0) is 24.8. The zero-order valence-corrected chi connectivity index (χ0v) is 21.7. The summed E-state index contributed by atoms with van der Waals surface area (Å²) in [4.78, 5) is 30.3. The molecule has 0 aliphatic carbocycles. The lowest BCUT2D eigenvalue weighted by molar-refractivity contribution is -0.122. The van der Waals surface area contributed by atoms with E-state index >= 15 is 0 Å². The van der Waals surface area contributed by atoms with E-state index < -0.39 is 11.8 Å². The normalized spacial score (nSPS) is 21.1. The van der Waals surface area contributed by atoms with Crippen molar-refractivity contribution in [3.05, 3.63) is 64.2 Å². The van der Waals surface area contributed by atoms with Crippen LogP contribution in [-0.2, 0) is 16.0 Å². The fourth-order valence-electron chi connectivity index (χ4n) is 5.46. The first-order valence-corrected chi connectivity index (χ1v) is 12.4. The van der Waals surface area contributed by atoms with Crippen LogP contribution in [0.25, 0.3) is 6.08 Å². The molecule has 2 aromatic carbocycles. The number of hydrogen-bond donors (Lipinski definition) is 1. The third-order valence-corrected chi connectivity index (χ3v) is 7.39. The van der Waals surface area contributed by atoms with Crippen molar-refractivity contribution >= 4 is 46.6 Å². The van der Waals surface area contributed by atoms with E-state index in [0.29, 0.717) is 11.6 Å². The van der Waals surface area contributed by atoms with E-state index in [1.54, 1.807) is 6.08 Å². The second-order valence-corrected chi connectivity index (χ2v) is 10.3. The fourth-order valence-corrected chi connectivity index (χ4v) is 5.74. The maximum absolute atomic E-state index is 13.6. The Morgan fingerprint density at radius 2 is 1.85 bits per heavy atom. The summed E-state index contributed by atoms with van der Waals surface area (Å²) in [6.45, 7) is 14.0. The molecule has 0 aromatic heterocycles.